The van der Waals surface area contributed by atoms with E-state index in [1.54, 1.807) is 4.90 Å². The zero-order valence-corrected chi connectivity index (χ0v) is 26.0. The Labute approximate surface area is 265 Å². The number of benzene rings is 4. The number of hydrogen-bond acceptors (Lipinski definition) is 4. The molecule has 2 amide bonds. The highest BCUT2D eigenvalue weighted by molar-refractivity contribution is 5.83. The van der Waals surface area contributed by atoms with Crippen LogP contribution in [0, 0.1) is 11.8 Å². The summed E-state index contributed by atoms with van der Waals surface area (Å²) in [5.41, 5.74) is 4.86. The third kappa shape index (κ3) is 10.6. The first-order valence-corrected chi connectivity index (χ1v) is 15.5. The van der Waals surface area contributed by atoms with Crippen LogP contribution in [0.2, 0.25) is 0 Å². The summed E-state index contributed by atoms with van der Waals surface area (Å²) < 4.78 is 5.71. The molecule has 2 N–H and O–H groups in total. The number of carboxylic acid groups (broad SMARTS) is 1. The fourth-order valence-corrected chi connectivity index (χ4v) is 5.20. The van der Waals surface area contributed by atoms with Gasteiger partial charge in [0.1, 0.15) is 12.6 Å². The third-order valence-corrected chi connectivity index (χ3v) is 7.59. The summed E-state index contributed by atoms with van der Waals surface area (Å²) in [5.74, 6) is -2.00. The first-order chi connectivity index (χ1) is 21.8. The van der Waals surface area contributed by atoms with Crippen molar-refractivity contribution < 1.29 is 24.2 Å². The maximum absolute atomic E-state index is 13.6. The topological polar surface area (TPSA) is 95.9 Å². The lowest BCUT2D eigenvalue weighted by Gasteiger charge is -2.30. The number of nitrogens with one attached hydrogen (secondary N) is 1. The molecular weight excluding hydrogens is 564 g/mol. The first kappa shape index (κ1) is 33.0. The van der Waals surface area contributed by atoms with Crippen molar-refractivity contribution in [3.63, 3.8) is 0 Å². The number of rotatable bonds is 15. The Morgan fingerprint density at radius 1 is 0.711 bits per heavy atom. The molecule has 4 aromatic rings. The lowest BCUT2D eigenvalue weighted by molar-refractivity contribution is -0.150. The number of nitrogens with zero attached hydrogens (tertiary/aromatic N) is 1. The largest absolute Gasteiger partial charge is 0.480 e. The van der Waals surface area contributed by atoms with E-state index in [9.17, 15) is 19.5 Å². The molecule has 4 rings (SSSR count). The summed E-state index contributed by atoms with van der Waals surface area (Å²) in [4.78, 5) is 40.9. The van der Waals surface area contributed by atoms with Gasteiger partial charge in [-0.1, -0.05) is 129 Å². The van der Waals surface area contributed by atoms with Crippen LogP contribution < -0.4 is 5.32 Å². The highest BCUT2D eigenvalue weighted by atomic mass is 16.5. The number of aryl methyl sites for hydroxylation is 1. The molecule has 7 nitrogen and oxygen atoms in total. The van der Waals surface area contributed by atoms with Gasteiger partial charge < -0.3 is 20.1 Å². The van der Waals surface area contributed by atoms with Gasteiger partial charge in [-0.25, -0.2) is 9.59 Å². The summed E-state index contributed by atoms with van der Waals surface area (Å²) in [6.45, 7) is 4.58. The van der Waals surface area contributed by atoms with E-state index in [0.717, 1.165) is 27.8 Å². The summed E-state index contributed by atoms with van der Waals surface area (Å²) in [6, 6.07) is 35.3. The van der Waals surface area contributed by atoms with Crippen molar-refractivity contribution in [3.05, 3.63) is 132 Å². The summed E-state index contributed by atoms with van der Waals surface area (Å²) in [5, 5.41) is 12.8. The molecule has 0 fully saturated rings. The summed E-state index contributed by atoms with van der Waals surface area (Å²) in [6.07, 6.45) is 1.25. The van der Waals surface area contributed by atoms with Crippen molar-refractivity contribution in [2.24, 2.45) is 11.8 Å². The van der Waals surface area contributed by atoms with E-state index in [1.807, 2.05) is 129 Å². The quantitative estimate of drug-likeness (QED) is 0.142. The maximum atomic E-state index is 13.6. The second-order valence-corrected chi connectivity index (χ2v) is 11.7. The predicted octanol–water partition coefficient (Wildman–Crippen LogP) is 7.01. The predicted molar refractivity (Wildman–Crippen MR) is 176 cm³/mol. The monoisotopic (exact) mass is 606 g/mol. The molecule has 0 aliphatic carbocycles. The molecule has 0 aliphatic heterocycles. The van der Waals surface area contributed by atoms with Crippen molar-refractivity contribution in [3.8, 4) is 11.1 Å². The third-order valence-electron chi connectivity index (χ3n) is 7.59. The Balaban J connectivity index is 1.46. The molecule has 0 heterocycles. The number of carbonyl (C=O) groups is 3. The molecule has 0 bridgehead atoms. The minimum absolute atomic E-state index is 0.0969. The van der Waals surface area contributed by atoms with Crippen LogP contribution in [-0.2, 0) is 33.8 Å². The fraction of sp³-hybridized carbons (Fsp3) is 0.289. The normalized spacial score (nSPS) is 12.2. The zero-order chi connectivity index (χ0) is 32.0. The van der Waals surface area contributed by atoms with Crippen LogP contribution in [-0.4, -0.2) is 47.1 Å². The number of ether oxygens (including phenoxy) is 1. The van der Waals surface area contributed by atoms with E-state index in [1.165, 1.54) is 0 Å². The van der Waals surface area contributed by atoms with Gasteiger partial charge in [-0.05, 0) is 46.6 Å². The number of urea groups is 1. The number of carboxylic acids is 1. The van der Waals surface area contributed by atoms with Crippen LogP contribution in [0.1, 0.15) is 37.0 Å². The van der Waals surface area contributed by atoms with Crippen LogP contribution in [0.15, 0.2) is 115 Å². The summed E-state index contributed by atoms with van der Waals surface area (Å²) in [7, 11) is 0. The van der Waals surface area contributed by atoms with Gasteiger partial charge in [0.15, 0.2) is 0 Å². The second kappa shape index (κ2) is 16.8. The molecule has 234 valence electrons. The molecule has 0 aromatic heterocycles. The van der Waals surface area contributed by atoms with E-state index >= 15 is 0 Å². The lowest BCUT2D eigenvalue weighted by Crippen LogP contribution is -2.51. The standard InChI is InChI=1S/C38H42N2O5/c1-28(2)25-40(26-34(23-18-29-12-6-3-7-13-29)37(43)45-27-31-14-8-4-9-15-31)38(44)39-35(36(41)42)24-30-19-21-33(22-20-30)32-16-10-5-11-17-32/h3-17,19-22,28,34-35H,18,23-27H2,1-2H3,(H,39,44)(H,41,42)/t34-,35-/m0/s1. The fourth-order valence-electron chi connectivity index (χ4n) is 5.20. The molecule has 2 atom stereocenters. The van der Waals surface area contributed by atoms with Gasteiger partial charge in [-0.15, -0.1) is 0 Å². The van der Waals surface area contributed by atoms with E-state index < -0.39 is 24.0 Å². The van der Waals surface area contributed by atoms with Crippen LogP contribution in [0.25, 0.3) is 11.1 Å². The molecule has 7 heteroatoms. The highest BCUT2D eigenvalue weighted by Gasteiger charge is 2.29. The van der Waals surface area contributed by atoms with Crippen LogP contribution >= 0.6 is 0 Å². The van der Waals surface area contributed by atoms with Gasteiger partial charge in [-0.2, -0.15) is 0 Å². The first-order valence-electron chi connectivity index (χ1n) is 15.5. The van der Waals surface area contributed by atoms with Crippen LogP contribution in [0.3, 0.4) is 0 Å². The van der Waals surface area contributed by atoms with Gasteiger partial charge in [0.2, 0.25) is 0 Å². The maximum Gasteiger partial charge on any atom is 0.326 e. The Hall–Kier alpha value is -4.91. The van der Waals surface area contributed by atoms with Gasteiger partial charge >= 0.3 is 18.0 Å². The highest BCUT2D eigenvalue weighted by Crippen LogP contribution is 2.20. The molecule has 0 saturated carbocycles. The summed E-state index contributed by atoms with van der Waals surface area (Å²) >= 11 is 0. The minimum atomic E-state index is -1.14. The number of amides is 2. The molecule has 0 aliphatic rings. The van der Waals surface area contributed by atoms with Crippen LogP contribution in [0.4, 0.5) is 4.79 Å². The molecule has 0 radical (unpaired) electrons. The number of esters is 1. The Kier molecular flexibility index (Phi) is 12.3. The molecule has 0 saturated heterocycles. The number of carbonyl (C=O) groups excluding carboxylic acids is 2. The number of aliphatic carboxylic acids is 1. The van der Waals surface area contributed by atoms with Gasteiger partial charge in [0.05, 0.1) is 5.92 Å². The Bertz CT molecular complexity index is 1490. The van der Waals surface area contributed by atoms with Crippen molar-refractivity contribution in [1.29, 1.82) is 0 Å². The van der Waals surface area contributed by atoms with Crippen molar-refractivity contribution in [2.45, 2.75) is 45.8 Å². The molecular formula is C38H42N2O5. The van der Waals surface area contributed by atoms with E-state index in [0.29, 0.717) is 19.4 Å². The van der Waals surface area contributed by atoms with Gasteiger partial charge in [0.25, 0.3) is 0 Å². The Morgan fingerprint density at radius 3 is 1.84 bits per heavy atom. The van der Waals surface area contributed by atoms with Crippen molar-refractivity contribution in [1.82, 2.24) is 10.2 Å². The van der Waals surface area contributed by atoms with Crippen LogP contribution in [0.5, 0.6) is 0 Å². The Morgan fingerprint density at radius 2 is 1.27 bits per heavy atom. The molecule has 0 spiro atoms. The van der Waals surface area contributed by atoms with E-state index in [2.05, 4.69) is 5.32 Å². The van der Waals surface area contributed by atoms with Crippen molar-refractivity contribution >= 4 is 18.0 Å². The van der Waals surface area contributed by atoms with Crippen molar-refractivity contribution in [2.75, 3.05) is 13.1 Å². The van der Waals surface area contributed by atoms with E-state index in [4.69, 9.17) is 4.74 Å². The smallest absolute Gasteiger partial charge is 0.326 e. The second-order valence-electron chi connectivity index (χ2n) is 11.7. The number of hydrogen-bond donors (Lipinski definition) is 2. The average Bonchev–Trinajstić information content (AvgIpc) is 3.06. The minimum Gasteiger partial charge on any atom is -0.480 e. The average molecular weight is 607 g/mol. The lowest BCUT2D eigenvalue weighted by atomic mass is 9.98. The SMILES string of the molecule is CC(C)CN(C[C@H](CCc1ccccc1)C(=O)OCc1ccccc1)C(=O)N[C@@H](Cc1ccc(-c2ccccc2)cc1)C(=O)O. The molecule has 0 unspecified atom stereocenters. The van der Waals surface area contributed by atoms with Gasteiger partial charge in [-0.3, -0.25) is 4.79 Å². The zero-order valence-electron chi connectivity index (χ0n) is 26.0. The molecule has 45 heavy (non-hydrogen) atoms. The molecule has 4 aromatic carbocycles. The van der Waals surface area contributed by atoms with E-state index in [-0.39, 0.29) is 31.5 Å². The van der Waals surface area contributed by atoms with Gasteiger partial charge in [0, 0.05) is 19.5 Å².